The molecule has 0 fully saturated rings. The molecule has 0 amide bonds. The highest BCUT2D eigenvalue weighted by Gasteiger charge is 2.16. The molecule has 2 N–H and O–H groups in total. The van der Waals surface area contributed by atoms with E-state index in [2.05, 4.69) is 6.92 Å². The number of para-hydroxylation sites is 2. The number of phenolic OH excluding ortho intramolecular Hbond substituents is 1. The summed E-state index contributed by atoms with van der Waals surface area (Å²) in [5.41, 5.74) is 3.77. The largest absolute Gasteiger partial charge is 0.507 e. The Morgan fingerprint density at radius 1 is 0.895 bits per heavy atom. The van der Waals surface area contributed by atoms with Crippen LogP contribution in [0.25, 0.3) is 11.1 Å². The Balaban J connectivity index is 1.38. The zero-order valence-electron chi connectivity index (χ0n) is 21.6. The van der Waals surface area contributed by atoms with Crippen molar-refractivity contribution >= 4 is 17.3 Å². The summed E-state index contributed by atoms with van der Waals surface area (Å²) in [7, 11) is 0. The molecule has 0 aliphatic heterocycles. The third-order valence-electron chi connectivity index (χ3n) is 6.13. The summed E-state index contributed by atoms with van der Waals surface area (Å²) < 4.78 is 18.2. The second-order valence-corrected chi connectivity index (χ2v) is 9.56. The van der Waals surface area contributed by atoms with E-state index in [1.54, 1.807) is 41.7 Å². The van der Waals surface area contributed by atoms with Crippen molar-refractivity contribution in [3.05, 3.63) is 88.1 Å². The average molecular weight is 533 g/mol. The number of benzene rings is 3. The molecule has 1 heterocycles. The summed E-state index contributed by atoms with van der Waals surface area (Å²) in [6, 6.07) is 18.1. The Kier molecular flexibility index (Phi) is 9.27. The minimum Gasteiger partial charge on any atom is -0.507 e. The molecule has 38 heavy (non-hydrogen) atoms. The van der Waals surface area contributed by atoms with Gasteiger partial charge in [-0.25, -0.2) is 4.79 Å². The minimum absolute atomic E-state index is 0.201. The maximum absolute atomic E-state index is 11.7. The van der Waals surface area contributed by atoms with Crippen LogP contribution in [0.2, 0.25) is 0 Å². The maximum Gasteiger partial charge on any atom is 0.336 e. The molecule has 6 nitrogen and oxygen atoms in total. The molecule has 0 radical (unpaired) electrons. The highest BCUT2D eigenvalue weighted by Crippen LogP contribution is 2.37. The number of carbonyl (C=O) groups is 1. The van der Waals surface area contributed by atoms with Gasteiger partial charge in [0.15, 0.2) is 11.5 Å². The average Bonchev–Trinajstić information content (AvgIpc) is 3.45. The summed E-state index contributed by atoms with van der Waals surface area (Å²) in [6.45, 7) is 4.89. The zero-order chi connectivity index (χ0) is 26.9. The quantitative estimate of drug-likeness (QED) is 0.170. The van der Waals surface area contributed by atoms with Crippen molar-refractivity contribution in [2.45, 2.75) is 39.5 Å². The maximum atomic E-state index is 11.7. The van der Waals surface area contributed by atoms with E-state index < -0.39 is 5.97 Å². The van der Waals surface area contributed by atoms with E-state index in [0.717, 1.165) is 29.5 Å². The Hall–Kier alpha value is -3.97. The fourth-order valence-corrected chi connectivity index (χ4v) is 4.89. The molecule has 4 rings (SSSR count). The van der Waals surface area contributed by atoms with Crippen molar-refractivity contribution in [3.8, 4) is 39.9 Å². The first-order valence-corrected chi connectivity index (χ1v) is 13.7. The van der Waals surface area contributed by atoms with Crippen molar-refractivity contribution in [2.75, 3.05) is 13.2 Å². The van der Waals surface area contributed by atoms with Gasteiger partial charge in [-0.05, 0) is 71.1 Å². The molecular weight excluding hydrogens is 500 g/mol. The van der Waals surface area contributed by atoms with E-state index in [0.29, 0.717) is 54.6 Å². The Bertz CT molecular complexity index is 1360. The second kappa shape index (κ2) is 13.0. The van der Waals surface area contributed by atoms with Gasteiger partial charge < -0.3 is 24.4 Å². The van der Waals surface area contributed by atoms with Gasteiger partial charge in [-0.15, -0.1) is 0 Å². The van der Waals surface area contributed by atoms with E-state index in [4.69, 9.17) is 14.2 Å². The predicted molar refractivity (Wildman–Crippen MR) is 150 cm³/mol. The number of carboxylic acid groups (broad SMARTS) is 1. The molecular formula is C31H32O6S. The van der Waals surface area contributed by atoms with E-state index in [-0.39, 0.29) is 11.3 Å². The first kappa shape index (κ1) is 27.1. The Morgan fingerprint density at radius 2 is 1.63 bits per heavy atom. The third kappa shape index (κ3) is 6.47. The fourth-order valence-electron chi connectivity index (χ4n) is 4.24. The van der Waals surface area contributed by atoms with Gasteiger partial charge in [0.2, 0.25) is 0 Å². The number of aromatic hydroxyl groups is 1. The van der Waals surface area contributed by atoms with Crippen LogP contribution in [0.4, 0.5) is 0 Å². The van der Waals surface area contributed by atoms with E-state index in [1.165, 1.54) is 0 Å². The summed E-state index contributed by atoms with van der Waals surface area (Å²) in [5.74, 6) is 1.52. The van der Waals surface area contributed by atoms with Gasteiger partial charge in [-0.1, -0.05) is 38.5 Å². The molecule has 0 saturated heterocycles. The number of aromatic carboxylic acids is 1. The molecule has 1 aromatic heterocycles. The highest BCUT2D eigenvalue weighted by atomic mass is 32.1. The van der Waals surface area contributed by atoms with Gasteiger partial charge in [0, 0.05) is 23.6 Å². The molecule has 4 aromatic rings. The number of carboxylic acids is 1. The third-order valence-corrected chi connectivity index (χ3v) is 6.81. The van der Waals surface area contributed by atoms with Crippen molar-refractivity contribution in [2.24, 2.45) is 0 Å². The summed E-state index contributed by atoms with van der Waals surface area (Å²) in [6.07, 6.45) is 2.81. The van der Waals surface area contributed by atoms with Crippen molar-refractivity contribution in [1.82, 2.24) is 0 Å². The van der Waals surface area contributed by atoms with Crippen molar-refractivity contribution in [1.29, 1.82) is 0 Å². The van der Waals surface area contributed by atoms with E-state index in [9.17, 15) is 15.0 Å². The second-order valence-electron chi connectivity index (χ2n) is 8.78. The van der Waals surface area contributed by atoms with Gasteiger partial charge in [0.05, 0.1) is 18.8 Å². The highest BCUT2D eigenvalue weighted by molar-refractivity contribution is 7.08. The number of phenols is 1. The standard InChI is InChI=1S/C31H32O6S/c1-3-9-23-24(31(33)34)10-7-13-27(23)37-29-12-6-5-11-28(29)35-15-8-16-36-30-19-26(32)25(18-21(30)4-2)22-14-17-38-20-22/h5-7,10-14,17-20,32H,3-4,8-9,15-16H2,1-2H3,(H,33,34). The Morgan fingerprint density at radius 3 is 2.32 bits per heavy atom. The molecule has 0 aliphatic carbocycles. The lowest BCUT2D eigenvalue weighted by atomic mass is 10.0. The molecule has 0 unspecified atom stereocenters. The van der Waals surface area contributed by atoms with Crippen LogP contribution in [0.1, 0.15) is 48.2 Å². The number of hydrogen-bond donors (Lipinski definition) is 2. The van der Waals surface area contributed by atoms with Gasteiger partial charge in [0.1, 0.15) is 17.2 Å². The number of thiophene rings is 1. The van der Waals surface area contributed by atoms with Crippen LogP contribution < -0.4 is 14.2 Å². The molecule has 7 heteroatoms. The van der Waals surface area contributed by atoms with Crippen molar-refractivity contribution in [3.63, 3.8) is 0 Å². The lowest BCUT2D eigenvalue weighted by Gasteiger charge is -2.16. The molecule has 198 valence electrons. The van der Waals surface area contributed by atoms with E-state index >= 15 is 0 Å². The van der Waals surface area contributed by atoms with E-state index in [1.807, 2.05) is 48.0 Å². The SMILES string of the molecule is CCCc1c(Oc2ccccc2OCCCOc2cc(O)c(-c3ccsc3)cc2CC)cccc1C(=O)O. The van der Waals surface area contributed by atoms with Gasteiger partial charge in [-0.2, -0.15) is 11.3 Å². The number of rotatable bonds is 13. The van der Waals surface area contributed by atoms with Gasteiger partial charge in [-0.3, -0.25) is 0 Å². The summed E-state index contributed by atoms with van der Waals surface area (Å²) >= 11 is 1.60. The smallest absolute Gasteiger partial charge is 0.336 e. The molecule has 0 spiro atoms. The van der Waals surface area contributed by atoms with Crippen LogP contribution in [0.15, 0.2) is 71.4 Å². The minimum atomic E-state index is -0.968. The summed E-state index contributed by atoms with van der Waals surface area (Å²) in [5, 5.41) is 24.1. The van der Waals surface area contributed by atoms with Crippen LogP contribution in [0.5, 0.6) is 28.7 Å². The van der Waals surface area contributed by atoms with Crippen LogP contribution in [0, 0.1) is 0 Å². The number of ether oxygens (including phenoxy) is 3. The molecule has 0 aliphatic rings. The molecule has 3 aromatic carbocycles. The van der Waals surface area contributed by atoms with Gasteiger partial charge >= 0.3 is 5.97 Å². The number of hydrogen-bond acceptors (Lipinski definition) is 6. The monoisotopic (exact) mass is 532 g/mol. The molecule has 0 saturated carbocycles. The van der Waals surface area contributed by atoms with Crippen molar-refractivity contribution < 1.29 is 29.2 Å². The first-order valence-electron chi connectivity index (χ1n) is 12.8. The molecule has 0 atom stereocenters. The lowest BCUT2D eigenvalue weighted by molar-refractivity contribution is 0.0695. The van der Waals surface area contributed by atoms with Crippen LogP contribution in [-0.4, -0.2) is 29.4 Å². The van der Waals surface area contributed by atoms with Gasteiger partial charge in [0.25, 0.3) is 0 Å². The fraction of sp³-hybridized carbons (Fsp3) is 0.258. The lowest BCUT2D eigenvalue weighted by Crippen LogP contribution is -2.07. The van der Waals surface area contributed by atoms with Crippen LogP contribution in [-0.2, 0) is 12.8 Å². The molecule has 0 bridgehead atoms. The first-order chi connectivity index (χ1) is 18.5. The predicted octanol–water partition coefficient (Wildman–Crippen LogP) is 7.97. The Labute approximate surface area is 227 Å². The van der Waals surface area contributed by atoms with Crippen LogP contribution >= 0.6 is 11.3 Å². The normalized spacial score (nSPS) is 10.8. The summed E-state index contributed by atoms with van der Waals surface area (Å²) in [4.78, 5) is 11.7. The van der Waals surface area contributed by atoms with Crippen LogP contribution in [0.3, 0.4) is 0 Å². The zero-order valence-corrected chi connectivity index (χ0v) is 22.4. The topological polar surface area (TPSA) is 85.2 Å². The number of aryl methyl sites for hydroxylation is 1.